The number of hydrogen-bond donors (Lipinski definition) is 1. The average molecular weight is 309 g/mol. The molecule has 1 unspecified atom stereocenters. The lowest BCUT2D eigenvalue weighted by Gasteiger charge is -2.30. The largest absolute Gasteiger partial charge is 0.465 e. The van der Waals surface area contributed by atoms with Crippen LogP contribution in [-0.2, 0) is 9.53 Å². The Labute approximate surface area is 132 Å². The molecule has 1 rings (SSSR count). The summed E-state index contributed by atoms with van der Waals surface area (Å²) in [6.07, 6.45) is 1.75. The highest BCUT2D eigenvalue weighted by Gasteiger charge is 2.34. The van der Waals surface area contributed by atoms with Crippen LogP contribution in [0.4, 0.5) is 0 Å². The Hall–Kier alpha value is -1.00. The first-order chi connectivity index (χ1) is 9.98. The van der Waals surface area contributed by atoms with Crippen molar-refractivity contribution in [1.82, 2.24) is 5.32 Å². The third kappa shape index (κ3) is 6.53. The lowest BCUT2D eigenvalue weighted by molar-refractivity contribution is -0.151. The van der Waals surface area contributed by atoms with Gasteiger partial charge in [-0.25, -0.2) is 0 Å². The number of carbonyl (C=O) groups is 1. The van der Waals surface area contributed by atoms with Gasteiger partial charge in [0.2, 0.25) is 0 Å². The molecule has 0 radical (unpaired) electrons. The van der Waals surface area contributed by atoms with Crippen LogP contribution in [0.3, 0.4) is 0 Å². The van der Waals surface area contributed by atoms with Gasteiger partial charge in [0, 0.05) is 10.9 Å². The summed E-state index contributed by atoms with van der Waals surface area (Å²) in [7, 11) is 0. The normalized spacial score (nSPS) is 14.0. The summed E-state index contributed by atoms with van der Waals surface area (Å²) in [5.74, 6) is 0.849. The summed E-state index contributed by atoms with van der Waals surface area (Å²) in [6.45, 7) is 8.32. The van der Waals surface area contributed by atoms with Crippen molar-refractivity contribution in [1.29, 1.82) is 0 Å². The average Bonchev–Trinajstić information content (AvgIpc) is 2.44. The predicted molar refractivity (Wildman–Crippen MR) is 89.7 cm³/mol. The first-order valence-electron chi connectivity index (χ1n) is 7.60. The molecule has 0 aromatic heterocycles. The van der Waals surface area contributed by atoms with Crippen LogP contribution in [0.2, 0.25) is 0 Å². The van der Waals surface area contributed by atoms with E-state index in [9.17, 15) is 4.79 Å². The van der Waals surface area contributed by atoms with Gasteiger partial charge in [0.05, 0.1) is 6.61 Å². The van der Waals surface area contributed by atoms with Crippen molar-refractivity contribution in [2.75, 3.05) is 12.4 Å². The zero-order chi connectivity index (χ0) is 15.7. The van der Waals surface area contributed by atoms with Crippen LogP contribution in [0, 0.1) is 0 Å². The molecule has 1 aromatic carbocycles. The zero-order valence-electron chi connectivity index (χ0n) is 13.5. The van der Waals surface area contributed by atoms with Gasteiger partial charge in [-0.1, -0.05) is 18.2 Å². The van der Waals surface area contributed by atoms with E-state index >= 15 is 0 Å². The Bertz CT molecular complexity index is 422. The van der Waals surface area contributed by atoms with E-state index in [2.05, 4.69) is 31.3 Å². The van der Waals surface area contributed by atoms with E-state index in [1.165, 1.54) is 4.90 Å². The molecule has 1 aromatic rings. The Balaban J connectivity index is 2.47. The van der Waals surface area contributed by atoms with E-state index < -0.39 is 5.54 Å². The van der Waals surface area contributed by atoms with Gasteiger partial charge in [-0.15, -0.1) is 11.8 Å². The van der Waals surface area contributed by atoms with Crippen LogP contribution in [0.15, 0.2) is 35.2 Å². The molecule has 0 spiro atoms. The second-order valence-electron chi connectivity index (χ2n) is 5.62. The van der Waals surface area contributed by atoms with Gasteiger partial charge in [-0.2, -0.15) is 0 Å². The highest BCUT2D eigenvalue weighted by Crippen LogP contribution is 2.22. The predicted octanol–water partition coefficient (Wildman–Crippen LogP) is 3.88. The van der Waals surface area contributed by atoms with Gasteiger partial charge in [-0.3, -0.25) is 10.1 Å². The number of hydrogen-bond acceptors (Lipinski definition) is 4. The van der Waals surface area contributed by atoms with Gasteiger partial charge in [0.1, 0.15) is 5.54 Å². The molecule has 0 heterocycles. The summed E-state index contributed by atoms with van der Waals surface area (Å²) < 4.78 is 5.22. The van der Waals surface area contributed by atoms with Crippen molar-refractivity contribution in [2.45, 2.75) is 57.0 Å². The minimum atomic E-state index is -0.596. The first kappa shape index (κ1) is 18.1. The minimum absolute atomic E-state index is 0.150. The standard InChI is InChI=1S/C17H27NO2S/c1-5-20-16(19)17(4,18-14(2)3)12-9-13-21-15-10-7-6-8-11-15/h6-8,10-11,14,18H,5,9,12-13H2,1-4H3. The molecular weight excluding hydrogens is 282 g/mol. The van der Waals surface area contributed by atoms with Gasteiger partial charge >= 0.3 is 5.97 Å². The Morgan fingerprint density at radius 1 is 1.33 bits per heavy atom. The molecule has 0 amide bonds. The van der Waals surface area contributed by atoms with Crippen LogP contribution < -0.4 is 5.32 Å². The van der Waals surface area contributed by atoms with E-state index in [0.29, 0.717) is 6.61 Å². The second-order valence-corrected chi connectivity index (χ2v) is 6.79. The topological polar surface area (TPSA) is 38.3 Å². The van der Waals surface area contributed by atoms with E-state index in [4.69, 9.17) is 4.74 Å². The maximum atomic E-state index is 12.2. The van der Waals surface area contributed by atoms with Crippen molar-refractivity contribution >= 4 is 17.7 Å². The van der Waals surface area contributed by atoms with E-state index in [1.807, 2.05) is 43.8 Å². The molecule has 0 fully saturated rings. The van der Waals surface area contributed by atoms with Crippen LogP contribution in [0.25, 0.3) is 0 Å². The maximum Gasteiger partial charge on any atom is 0.326 e. The highest BCUT2D eigenvalue weighted by atomic mass is 32.2. The van der Waals surface area contributed by atoms with E-state index in [-0.39, 0.29) is 12.0 Å². The first-order valence-corrected chi connectivity index (χ1v) is 8.59. The summed E-state index contributed by atoms with van der Waals surface area (Å²) in [6, 6.07) is 10.6. The number of thioether (sulfide) groups is 1. The molecule has 0 aliphatic rings. The fourth-order valence-corrected chi connectivity index (χ4v) is 3.17. The van der Waals surface area contributed by atoms with Gasteiger partial charge in [0.15, 0.2) is 0 Å². The third-order valence-corrected chi connectivity index (χ3v) is 4.26. The maximum absolute atomic E-state index is 12.2. The molecule has 118 valence electrons. The van der Waals surface area contributed by atoms with Crippen molar-refractivity contribution < 1.29 is 9.53 Å². The van der Waals surface area contributed by atoms with Gasteiger partial charge in [-0.05, 0) is 58.4 Å². The summed E-state index contributed by atoms with van der Waals surface area (Å²) in [5.41, 5.74) is -0.596. The van der Waals surface area contributed by atoms with Crippen LogP contribution in [-0.4, -0.2) is 29.9 Å². The van der Waals surface area contributed by atoms with Gasteiger partial charge < -0.3 is 4.74 Å². The molecule has 4 heteroatoms. The van der Waals surface area contributed by atoms with Gasteiger partial charge in [0.25, 0.3) is 0 Å². The second kappa shape index (κ2) is 9.11. The Morgan fingerprint density at radius 2 is 2.00 bits per heavy atom. The van der Waals surface area contributed by atoms with Crippen molar-refractivity contribution in [2.24, 2.45) is 0 Å². The molecule has 0 aliphatic heterocycles. The fraction of sp³-hybridized carbons (Fsp3) is 0.588. The molecule has 0 aliphatic carbocycles. The minimum Gasteiger partial charge on any atom is -0.465 e. The summed E-state index contributed by atoms with van der Waals surface area (Å²) in [4.78, 5) is 13.4. The number of nitrogens with one attached hydrogen (secondary N) is 1. The van der Waals surface area contributed by atoms with Crippen LogP contribution >= 0.6 is 11.8 Å². The fourth-order valence-electron chi connectivity index (χ4n) is 2.29. The van der Waals surface area contributed by atoms with E-state index in [1.54, 1.807) is 0 Å². The van der Waals surface area contributed by atoms with Crippen molar-refractivity contribution in [3.8, 4) is 0 Å². The summed E-state index contributed by atoms with van der Waals surface area (Å²) in [5, 5.41) is 3.36. The quantitative estimate of drug-likeness (QED) is 0.427. The third-order valence-electron chi connectivity index (χ3n) is 3.17. The Kier molecular flexibility index (Phi) is 7.83. The smallest absolute Gasteiger partial charge is 0.326 e. The number of rotatable bonds is 9. The van der Waals surface area contributed by atoms with Crippen molar-refractivity contribution in [3.05, 3.63) is 30.3 Å². The molecule has 1 N–H and O–H groups in total. The number of ether oxygens (including phenoxy) is 1. The molecule has 21 heavy (non-hydrogen) atoms. The summed E-state index contributed by atoms with van der Waals surface area (Å²) >= 11 is 1.83. The highest BCUT2D eigenvalue weighted by molar-refractivity contribution is 7.99. The number of benzene rings is 1. The molecule has 0 saturated heterocycles. The monoisotopic (exact) mass is 309 g/mol. The number of carbonyl (C=O) groups excluding carboxylic acids is 1. The molecular formula is C17H27NO2S. The SMILES string of the molecule is CCOC(=O)C(C)(CCCSc1ccccc1)NC(C)C. The zero-order valence-corrected chi connectivity index (χ0v) is 14.3. The molecule has 0 bridgehead atoms. The van der Waals surface area contributed by atoms with Crippen molar-refractivity contribution in [3.63, 3.8) is 0 Å². The number of esters is 1. The molecule has 3 nitrogen and oxygen atoms in total. The van der Waals surface area contributed by atoms with Crippen LogP contribution in [0.1, 0.15) is 40.5 Å². The van der Waals surface area contributed by atoms with Crippen LogP contribution in [0.5, 0.6) is 0 Å². The lowest BCUT2D eigenvalue weighted by Crippen LogP contribution is -2.53. The van der Waals surface area contributed by atoms with E-state index in [0.717, 1.165) is 18.6 Å². The molecule has 1 atom stereocenters. The lowest BCUT2D eigenvalue weighted by atomic mass is 9.95. The molecule has 0 saturated carbocycles. The Morgan fingerprint density at radius 3 is 2.57 bits per heavy atom.